The summed E-state index contributed by atoms with van der Waals surface area (Å²) in [5, 5.41) is 9.33. The molecule has 1 saturated heterocycles. The molecule has 4 nitrogen and oxygen atoms in total. The molecule has 200 valence electrons. The van der Waals surface area contributed by atoms with Crippen molar-refractivity contribution in [1.82, 2.24) is 0 Å². The highest BCUT2D eigenvalue weighted by Gasteiger charge is 2.65. The predicted molar refractivity (Wildman–Crippen MR) is 139 cm³/mol. The summed E-state index contributed by atoms with van der Waals surface area (Å²) in [4.78, 5) is 11.3. The van der Waals surface area contributed by atoms with E-state index < -0.39 is 5.97 Å². The second-order valence-electron chi connectivity index (χ2n) is 14.2. The van der Waals surface area contributed by atoms with E-state index in [1.54, 1.807) is 0 Å². The summed E-state index contributed by atoms with van der Waals surface area (Å²) in [5.74, 6) is 4.85. The van der Waals surface area contributed by atoms with Crippen LogP contribution in [0.25, 0.3) is 0 Å². The molecule has 6 unspecified atom stereocenters. The van der Waals surface area contributed by atoms with E-state index >= 15 is 0 Å². The second kappa shape index (κ2) is 9.93. The fraction of sp³-hybridized carbons (Fsp3) is 0.968. The first-order valence-corrected chi connectivity index (χ1v) is 15.1. The molecule has 0 bridgehead atoms. The van der Waals surface area contributed by atoms with E-state index in [0.717, 1.165) is 37.2 Å². The molecule has 1 heterocycles. The van der Waals surface area contributed by atoms with Gasteiger partial charge in [-0.05, 0) is 122 Å². The monoisotopic (exact) mass is 488 g/mol. The molecular formula is C31H52O4. The Morgan fingerprint density at radius 1 is 1.06 bits per heavy atom. The fourth-order valence-corrected chi connectivity index (χ4v) is 10.4. The van der Waals surface area contributed by atoms with Crippen LogP contribution in [0.2, 0.25) is 0 Å². The first kappa shape index (κ1) is 26.0. The summed E-state index contributed by atoms with van der Waals surface area (Å²) in [6.07, 6.45) is 14.2. The molecule has 0 aromatic rings. The molecular weight excluding hydrogens is 436 g/mol. The van der Waals surface area contributed by atoms with Gasteiger partial charge < -0.3 is 14.6 Å². The second-order valence-corrected chi connectivity index (χ2v) is 14.2. The molecule has 5 fully saturated rings. The number of carboxylic acid groups (broad SMARTS) is 1. The SMILES string of the molecule is C[C@@H]1CC[C@@]2(C)C(CC(OC3CCCCO3)C3C2C[C@H](C)[C@@]2(C)C3CC[C@@H]2[C@H](C)CCC(=O)O)C1. The van der Waals surface area contributed by atoms with Crippen molar-refractivity contribution in [3.05, 3.63) is 0 Å². The van der Waals surface area contributed by atoms with E-state index in [1.165, 1.54) is 57.8 Å². The van der Waals surface area contributed by atoms with Crippen molar-refractivity contribution in [2.24, 2.45) is 58.2 Å². The number of rotatable bonds is 6. The molecule has 4 heteroatoms. The zero-order valence-electron chi connectivity index (χ0n) is 23.1. The van der Waals surface area contributed by atoms with Crippen LogP contribution in [0.15, 0.2) is 0 Å². The molecule has 35 heavy (non-hydrogen) atoms. The lowest BCUT2D eigenvalue weighted by Crippen LogP contribution is -2.61. The van der Waals surface area contributed by atoms with Crippen molar-refractivity contribution < 1.29 is 19.4 Å². The topological polar surface area (TPSA) is 55.8 Å². The number of carbonyl (C=O) groups is 1. The Morgan fingerprint density at radius 3 is 2.57 bits per heavy atom. The Morgan fingerprint density at radius 2 is 1.86 bits per heavy atom. The van der Waals surface area contributed by atoms with E-state index in [-0.39, 0.29) is 6.29 Å². The molecule has 0 radical (unpaired) electrons. The maximum atomic E-state index is 11.3. The van der Waals surface area contributed by atoms with Gasteiger partial charge in [0.05, 0.1) is 6.10 Å². The Balaban J connectivity index is 1.45. The molecule has 4 aliphatic carbocycles. The van der Waals surface area contributed by atoms with E-state index in [0.29, 0.717) is 52.9 Å². The number of aliphatic carboxylic acids is 1. The number of fused-ring (bicyclic) bond motifs is 5. The molecule has 0 spiro atoms. The standard InChI is InChI=1S/C31H52O4/c1-19-13-14-30(4)22(16-19)18-26(35-28-8-6-7-15-34-28)29-24-11-10-23(20(2)9-12-27(32)33)31(24,5)21(3)17-25(29)30/h19-26,28-29H,6-18H2,1-5H3,(H,32,33)/t19-,20-,21+,22?,23-,24?,25?,26?,28?,29?,30+,31-/m1/s1. The highest BCUT2D eigenvalue weighted by molar-refractivity contribution is 5.66. The van der Waals surface area contributed by atoms with Crippen LogP contribution in [0.5, 0.6) is 0 Å². The maximum Gasteiger partial charge on any atom is 0.303 e. The Labute approximate surface area is 214 Å². The van der Waals surface area contributed by atoms with Gasteiger partial charge in [-0.1, -0.05) is 41.0 Å². The van der Waals surface area contributed by atoms with Gasteiger partial charge in [-0.15, -0.1) is 0 Å². The highest BCUT2D eigenvalue weighted by atomic mass is 16.7. The molecule has 4 saturated carbocycles. The van der Waals surface area contributed by atoms with Crippen molar-refractivity contribution in [2.45, 2.75) is 124 Å². The smallest absolute Gasteiger partial charge is 0.303 e. The molecule has 12 atom stereocenters. The zero-order valence-corrected chi connectivity index (χ0v) is 23.1. The van der Waals surface area contributed by atoms with Crippen molar-refractivity contribution in [3.8, 4) is 0 Å². The Bertz CT molecular complexity index is 761. The van der Waals surface area contributed by atoms with Gasteiger partial charge in [0, 0.05) is 13.0 Å². The average molecular weight is 489 g/mol. The first-order valence-electron chi connectivity index (χ1n) is 15.1. The molecule has 0 aromatic heterocycles. The largest absolute Gasteiger partial charge is 0.481 e. The fourth-order valence-electron chi connectivity index (χ4n) is 10.4. The Hall–Kier alpha value is -0.610. The minimum atomic E-state index is -0.646. The summed E-state index contributed by atoms with van der Waals surface area (Å²) in [6.45, 7) is 13.5. The minimum absolute atomic E-state index is 0.00272. The highest BCUT2D eigenvalue weighted by Crippen LogP contribution is 2.70. The lowest BCUT2D eigenvalue weighted by molar-refractivity contribution is -0.255. The van der Waals surface area contributed by atoms with Gasteiger partial charge in [0.25, 0.3) is 0 Å². The molecule has 5 rings (SSSR count). The number of ether oxygens (including phenoxy) is 2. The van der Waals surface area contributed by atoms with Gasteiger partial charge in [-0.2, -0.15) is 0 Å². The number of hydrogen-bond donors (Lipinski definition) is 1. The van der Waals surface area contributed by atoms with E-state index in [1.807, 2.05) is 0 Å². The molecule has 0 aromatic carbocycles. The van der Waals surface area contributed by atoms with Gasteiger partial charge in [0.15, 0.2) is 6.29 Å². The third-order valence-electron chi connectivity index (χ3n) is 12.5. The normalized spacial score (nSPS) is 50.6. The average Bonchev–Trinajstić information content (AvgIpc) is 3.18. The van der Waals surface area contributed by atoms with Gasteiger partial charge in [0.2, 0.25) is 0 Å². The molecule has 5 aliphatic rings. The van der Waals surface area contributed by atoms with E-state index in [4.69, 9.17) is 9.47 Å². The lowest BCUT2D eigenvalue weighted by Gasteiger charge is -2.65. The number of hydrogen-bond acceptors (Lipinski definition) is 3. The van der Waals surface area contributed by atoms with E-state index in [2.05, 4.69) is 34.6 Å². The van der Waals surface area contributed by atoms with Crippen LogP contribution in [-0.2, 0) is 14.3 Å². The molecule has 1 N–H and O–H groups in total. The van der Waals surface area contributed by atoms with Crippen molar-refractivity contribution >= 4 is 5.97 Å². The third-order valence-corrected chi connectivity index (χ3v) is 12.5. The maximum absolute atomic E-state index is 11.3. The summed E-state index contributed by atoms with van der Waals surface area (Å²) in [7, 11) is 0. The van der Waals surface area contributed by atoms with Crippen LogP contribution < -0.4 is 0 Å². The lowest BCUT2D eigenvalue weighted by atomic mass is 9.41. The summed E-state index contributed by atoms with van der Waals surface area (Å²) < 4.78 is 13.1. The molecule has 1 aliphatic heterocycles. The van der Waals surface area contributed by atoms with Crippen LogP contribution in [0.3, 0.4) is 0 Å². The van der Waals surface area contributed by atoms with Crippen LogP contribution in [0.4, 0.5) is 0 Å². The third kappa shape index (κ3) is 4.51. The van der Waals surface area contributed by atoms with Crippen LogP contribution in [0, 0.1) is 58.2 Å². The van der Waals surface area contributed by atoms with Crippen LogP contribution >= 0.6 is 0 Å². The van der Waals surface area contributed by atoms with Gasteiger partial charge in [-0.25, -0.2) is 0 Å². The minimum Gasteiger partial charge on any atom is -0.481 e. The predicted octanol–water partition coefficient (Wildman–Crippen LogP) is 7.55. The zero-order chi connectivity index (χ0) is 25.0. The quantitative estimate of drug-likeness (QED) is 0.392. The van der Waals surface area contributed by atoms with Crippen molar-refractivity contribution in [1.29, 1.82) is 0 Å². The number of carboxylic acids is 1. The van der Waals surface area contributed by atoms with Crippen LogP contribution in [-0.4, -0.2) is 30.1 Å². The Kier molecular flexibility index (Phi) is 7.38. The van der Waals surface area contributed by atoms with Gasteiger partial charge in [0.1, 0.15) is 0 Å². The summed E-state index contributed by atoms with van der Waals surface area (Å²) >= 11 is 0. The van der Waals surface area contributed by atoms with Gasteiger partial charge in [-0.3, -0.25) is 4.79 Å². The van der Waals surface area contributed by atoms with Crippen molar-refractivity contribution in [3.63, 3.8) is 0 Å². The molecule has 0 amide bonds. The van der Waals surface area contributed by atoms with Crippen molar-refractivity contribution in [2.75, 3.05) is 6.61 Å². The summed E-state index contributed by atoms with van der Waals surface area (Å²) in [5.41, 5.74) is 0.742. The summed E-state index contributed by atoms with van der Waals surface area (Å²) in [6, 6.07) is 0. The van der Waals surface area contributed by atoms with Gasteiger partial charge >= 0.3 is 5.97 Å². The van der Waals surface area contributed by atoms with E-state index in [9.17, 15) is 9.90 Å². The first-order chi connectivity index (χ1) is 16.6. The van der Waals surface area contributed by atoms with Crippen LogP contribution in [0.1, 0.15) is 112 Å².